The van der Waals surface area contributed by atoms with E-state index in [0.29, 0.717) is 5.56 Å². The predicted molar refractivity (Wildman–Crippen MR) is 109 cm³/mol. The summed E-state index contributed by atoms with van der Waals surface area (Å²) < 4.78 is 5.19. The number of nitrogens with two attached hydrogens (primary N) is 2. The first kappa shape index (κ1) is 19.4. The van der Waals surface area contributed by atoms with Gasteiger partial charge in [-0.25, -0.2) is 0 Å². The summed E-state index contributed by atoms with van der Waals surface area (Å²) in [6.45, 7) is 0. The summed E-state index contributed by atoms with van der Waals surface area (Å²) in [5.74, 6) is -1.06. The molecule has 2 heterocycles. The third kappa shape index (κ3) is 3.42. The number of ether oxygens (including phenoxy) is 1. The fourth-order valence-corrected chi connectivity index (χ4v) is 3.36. The summed E-state index contributed by atoms with van der Waals surface area (Å²) >= 11 is 9.87. The number of aromatic amines is 4. The molecule has 0 bridgehead atoms. The predicted octanol–water partition coefficient (Wildman–Crippen LogP) is 1.24. The second-order valence-corrected chi connectivity index (χ2v) is 6.65. The lowest BCUT2D eigenvalue weighted by atomic mass is 9.86. The Labute approximate surface area is 167 Å². The molecule has 0 aliphatic carbocycles. The van der Waals surface area contributed by atoms with Crippen molar-refractivity contribution in [1.29, 1.82) is 0 Å². The van der Waals surface area contributed by atoms with E-state index in [9.17, 15) is 14.7 Å². The minimum atomic E-state index is -1.01. The van der Waals surface area contributed by atoms with Gasteiger partial charge >= 0.3 is 0 Å². The van der Waals surface area contributed by atoms with E-state index in [1.807, 2.05) is 0 Å². The molecule has 12 heteroatoms. The van der Waals surface area contributed by atoms with E-state index < -0.39 is 17.0 Å². The van der Waals surface area contributed by atoms with Crippen molar-refractivity contribution in [1.82, 2.24) is 19.9 Å². The van der Waals surface area contributed by atoms with Crippen molar-refractivity contribution in [3.05, 3.63) is 65.1 Å². The van der Waals surface area contributed by atoms with Crippen molar-refractivity contribution < 1.29 is 9.84 Å². The van der Waals surface area contributed by atoms with Gasteiger partial charge in [0.25, 0.3) is 11.1 Å². The van der Waals surface area contributed by atoms with Crippen LogP contribution in [0.4, 0.5) is 11.6 Å². The Hall–Kier alpha value is -3.38. The Morgan fingerprint density at radius 3 is 1.89 bits per heavy atom. The van der Waals surface area contributed by atoms with E-state index in [0.717, 1.165) is 0 Å². The number of methoxy groups -OCH3 is 1. The van der Waals surface area contributed by atoms with Crippen LogP contribution in [0.2, 0.25) is 0 Å². The van der Waals surface area contributed by atoms with Crippen molar-refractivity contribution in [2.24, 2.45) is 0 Å². The SMILES string of the molecule is COc1cc(C(c2c(N)[nH]c(=S)[nH]c2=O)c2c(N)[nH]c(=S)[nH]c2=O)ccc1O. The Morgan fingerprint density at radius 1 is 0.964 bits per heavy atom. The minimum absolute atomic E-state index is 0.0176. The summed E-state index contributed by atoms with van der Waals surface area (Å²) in [6.07, 6.45) is 0. The molecule has 0 radical (unpaired) electrons. The molecule has 0 saturated carbocycles. The van der Waals surface area contributed by atoms with Gasteiger partial charge in [0.2, 0.25) is 0 Å². The zero-order chi connectivity index (χ0) is 20.6. The van der Waals surface area contributed by atoms with E-state index in [1.54, 1.807) is 0 Å². The van der Waals surface area contributed by atoms with Crippen molar-refractivity contribution in [3.63, 3.8) is 0 Å². The third-order valence-corrected chi connectivity index (χ3v) is 4.54. The second-order valence-electron chi connectivity index (χ2n) is 5.84. The van der Waals surface area contributed by atoms with Crippen LogP contribution in [0.1, 0.15) is 22.6 Å². The highest BCUT2D eigenvalue weighted by atomic mass is 32.1. The molecule has 9 N–H and O–H groups in total. The molecule has 0 spiro atoms. The van der Waals surface area contributed by atoms with Gasteiger partial charge in [0.05, 0.1) is 24.2 Å². The lowest BCUT2D eigenvalue weighted by Gasteiger charge is -2.20. The average Bonchev–Trinajstić information content (AvgIpc) is 2.59. The highest BCUT2D eigenvalue weighted by Crippen LogP contribution is 2.37. The molecule has 0 fully saturated rings. The van der Waals surface area contributed by atoms with Gasteiger partial charge in [-0.15, -0.1) is 0 Å². The molecule has 146 valence electrons. The lowest BCUT2D eigenvalue weighted by Crippen LogP contribution is -2.28. The smallest absolute Gasteiger partial charge is 0.257 e. The van der Waals surface area contributed by atoms with Crippen LogP contribution in [-0.4, -0.2) is 32.2 Å². The number of nitrogens with one attached hydrogen (secondary N) is 4. The largest absolute Gasteiger partial charge is 0.504 e. The molecular weight excluding hydrogens is 404 g/mol. The standard InChI is InChI=1S/C16H16N6O4S2/c1-26-7-4-5(2-3-6(7)23)8(9-11(17)19-15(27)21-13(9)24)10-12(18)20-16(28)22-14(10)25/h2-4,8,23H,1H3,(H4,17,19,21,24,27)(H4,18,20,22,25,28). The van der Waals surface area contributed by atoms with Crippen molar-refractivity contribution in [3.8, 4) is 11.5 Å². The number of hydrogen-bond donors (Lipinski definition) is 7. The van der Waals surface area contributed by atoms with Crippen molar-refractivity contribution >= 4 is 36.1 Å². The molecule has 3 rings (SSSR count). The number of anilines is 2. The molecule has 0 aliphatic rings. The Kier molecular flexibility index (Phi) is 5.07. The van der Waals surface area contributed by atoms with Crippen LogP contribution >= 0.6 is 24.4 Å². The molecule has 0 unspecified atom stereocenters. The molecule has 10 nitrogen and oxygen atoms in total. The lowest BCUT2D eigenvalue weighted by molar-refractivity contribution is 0.373. The van der Waals surface area contributed by atoms with E-state index in [1.165, 1.54) is 25.3 Å². The molecule has 0 aliphatic heterocycles. The van der Waals surface area contributed by atoms with Crippen molar-refractivity contribution in [2.75, 3.05) is 18.6 Å². The number of phenolic OH excluding ortho intramolecular Hbond substituents is 1. The number of benzene rings is 1. The van der Waals surface area contributed by atoms with Crippen LogP contribution in [0.15, 0.2) is 27.8 Å². The quantitative estimate of drug-likeness (QED) is 0.308. The molecular formula is C16H16N6O4S2. The zero-order valence-corrected chi connectivity index (χ0v) is 16.1. The number of aromatic nitrogens is 4. The summed E-state index contributed by atoms with van der Waals surface area (Å²) in [5, 5.41) is 9.90. The highest BCUT2D eigenvalue weighted by molar-refractivity contribution is 7.71. The Balaban J connectivity index is 2.43. The number of H-pyrrole nitrogens is 4. The highest BCUT2D eigenvalue weighted by Gasteiger charge is 2.28. The van der Waals surface area contributed by atoms with E-state index >= 15 is 0 Å². The normalized spacial score (nSPS) is 10.9. The number of hydrogen-bond acceptors (Lipinski definition) is 8. The molecule has 1 aromatic carbocycles. The van der Waals surface area contributed by atoms with Gasteiger partial charge in [-0.3, -0.25) is 19.6 Å². The van der Waals surface area contributed by atoms with E-state index in [-0.39, 0.29) is 43.8 Å². The maximum Gasteiger partial charge on any atom is 0.257 e. The molecule has 28 heavy (non-hydrogen) atoms. The fourth-order valence-electron chi connectivity index (χ4n) is 2.95. The van der Waals surface area contributed by atoms with Gasteiger partial charge in [-0.05, 0) is 42.1 Å². The summed E-state index contributed by atoms with van der Waals surface area (Å²) in [5.41, 5.74) is 11.3. The maximum atomic E-state index is 12.7. The molecule has 0 amide bonds. The van der Waals surface area contributed by atoms with Gasteiger partial charge < -0.3 is 31.3 Å². The third-order valence-electron chi connectivity index (χ3n) is 4.13. The minimum Gasteiger partial charge on any atom is -0.504 e. The van der Waals surface area contributed by atoms with Gasteiger partial charge in [-0.2, -0.15) is 0 Å². The average molecular weight is 420 g/mol. The van der Waals surface area contributed by atoms with Crippen LogP contribution in [0.5, 0.6) is 11.5 Å². The Bertz CT molecular complexity index is 1220. The van der Waals surface area contributed by atoms with Gasteiger partial charge in [-0.1, -0.05) is 6.07 Å². The zero-order valence-electron chi connectivity index (χ0n) is 14.5. The number of nitrogen functional groups attached to an aromatic ring is 2. The van der Waals surface area contributed by atoms with E-state index in [2.05, 4.69) is 19.9 Å². The maximum absolute atomic E-state index is 12.7. The summed E-state index contributed by atoms with van der Waals surface area (Å²) in [7, 11) is 1.37. The first-order valence-corrected chi connectivity index (χ1v) is 8.65. The summed E-state index contributed by atoms with van der Waals surface area (Å²) in [4.78, 5) is 35.6. The molecule has 0 saturated heterocycles. The van der Waals surface area contributed by atoms with Gasteiger partial charge in [0.1, 0.15) is 11.6 Å². The fraction of sp³-hybridized carbons (Fsp3) is 0.125. The second kappa shape index (κ2) is 7.32. The first-order valence-electron chi connectivity index (χ1n) is 7.83. The monoisotopic (exact) mass is 420 g/mol. The van der Waals surface area contributed by atoms with Crippen LogP contribution in [0, 0.1) is 9.54 Å². The summed E-state index contributed by atoms with van der Waals surface area (Å²) in [6, 6.07) is 4.36. The van der Waals surface area contributed by atoms with Crippen LogP contribution in [0.25, 0.3) is 0 Å². The van der Waals surface area contributed by atoms with E-state index in [4.69, 9.17) is 40.6 Å². The Morgan fingerprint density at radius 2 is 1.46 bits per heavy atom. The molecule has 0 atom stereocenters. The topological polar surface area (TPSA) is 179 Å². The number of rotatable bonds is 4. The van der Waals surface area contributed by atoms with Crippen LogP contribution in [-0.2, 0) is 0 Å². The van der Waals surface area contributed by atoms with Gasteiger partial charge in [0, 0.05) is 0 Å². The molecule has 2 aromatic heterocycles. The van der Waals surface area contributed by atoms with Crippen LogP contribution < -0.4 is 27.3 Å². The number of phenols is 1. The van der Waals surface area contributed by atoms with Crippen LogP contribution in [0.3, 0.4) is 0 Å². The van der Waals surface area contributed by atoms with Gasteiger partial charge in [0.15, 0.2) is 21.0 Å². The van der Waals surface area contributed by atoms with Crippen molar-refractivity contribution in [2.45, 2.75) is 5.92 Å². The first-order chi connectivity index (χ1) is 13.2. The molecule has 3 aromatic rings. The number of aromatic hydroxyl groups is 1.